The zero-order valence-corrected chi connectivity index (χ0v) is 17.1. The number of carbonyl (C=O) groups excluding carboxylic acids is 2. The van der Waals surface area contributed by atoms with E-state index in [-0.39, 0.29) is 13.2 Å². The van der Waals surface area contributed by atoms with E-state index in [1.807, 2.05) is 0 Å². The first-order chi connectivity index (χ1) is 14.0. The number of thiazole rings is 1. The Morgan fingerprint density at radius 1 is 1.24 bits per heavy atom. The number of halogens is 1. The molecule has 0 aliphatic rings. The molecule has 0 bridgehead atoms. The van der Waals surface area contributed by atoms with Crippen LogP contribution in [0.4, 0.5) is 0 Å². The van der Waals surface area contributed by atoms with E-state index < -0.39 is 11.9 Å². The summed E-state index contributed by atoms with van der Waals surface area (Å²) in [4.78, 5) is 28.8. The fraction of sp³-hybridized carbons (Fsp3) is 0.190. The minimum Gasteiger partial charge on any atom is -0.484 e. The molecular formula is C21H17ClN2O4S. The number of nitrogens with zero attached hydrogens (tertiary/aromatic N) is 2. The van der Waals surface area contributed by atoms with Gasteiger partial charge >= 0.3 is 5.97 Å². The van der Waals surface area contributed by atoms with Gasteiger partial charge in [-0.3, -0.25) is 4.79 Å². The molecule has 148 valence electrons. The number of esters is 1. The number of hydrogen-bond acceptors (Lipinski definition) is 5. The fourth-order valence-corrected chi connectivity index (χ4v) is 3.77. The third kappa shape index (κ3) is 5.05. The summed E-state index contributed by atoms with van der Waals surface area (Å²) in [6.07, 6.45) is 5.47. The highest BCUT2D eigenvalue weighted by Gasteiger charge is 2.12. The molecule has 3 rings (SSSR count). The molecule has 0 atom stereocenters. The topological polar surface area (TPSA) is 69.9 Å². The smallest absolute Gasteiger partial charge is 0.338 e. The molecule has 8 heteroatoms. The molecule has 1 amide bonds. The number of rotatable bonds is 6. The van der Waals surface area contributed by atoms with E-state index in [1.54, 1.807) is 54.0 Å². The number of aromatic nitrogens is 1. The van der Waals surface area contributed by atoms with Crippen LogP contribution < -0.4 is 9.54 Å². The van der Waals surface area contributed by atoms with E-state index in [9.17, 15) is 9.59 Å². The van der Waals surface area contributed by atoms with Crippen molar-refractivity contribution in [1.29, 1.82) is 0 Å². The average Bonchev–Trinajstić information content (AvgIpc) is 3.04. The van der Waals surface area contributed by atoms with Gasteiger partial charge < -0.3 is 14.0 Å². The summed E-state index contributed by atoms with van der Waals surface area (Å²) in [7, 11) is 0. The van der Waals surface area contributed by atoms with Gasteiger partial charge in [-0.25, -0.2) is 4.79 Å². The van der Waals surface area contributed by atoms with Gasteiger partial charge in [0.15, 0.2) is 11.4 Å². The highest BCUT2D eigenvalue weighted by Crippen LogP contribution is 2.20. The Morgan fingerprint density at radius 2 is 2.00 bits per heavy atom. The van der Waals surface area contributed by atoms with Crippen LogP contribution in [0.3, 0.4) is 0 Å². The Bertz CT molecular complexity index is 1160. The number of amides is 1. The zero-order valence-electron chi connectivity index (χ0n) is 15.6. The lowest BCUT2D eigenvalue weighted by atomic mass is 10.2. The first-order valence-corrected chi connectivity index (χ1v) is 9.91. The minimum atomic E-state index is -0.456. The molecule has 0 aliphatic carbocycles. The first kappa shape index (κ1) is 20.6. The van der Waals surface area contributed by atoms with Crippen molar-refractivity contribution < 1.29 is 19.1 Å². The van der Waals surface area contributed by atoms with Crippen molar-refractivity contribution in [3.63, 3.8) is 0 Å². The van der Waals surface area contributed by atoms with Gasteiger partial charge in [0.2, 0.25) is 0 Å². The molecule has 2 aromatic carbocycles. The molecular weight excluding hydrogens is 412 g/mol. The van der Waals surface area contributed by atoms with Crippen molar-refractivity contribution in [1.82, 2.24) is 4.57 Å². The van der Waals surface area contributed by atoms with Crippen LogP contribution in [0.1, 0.15) is 17.3 Å². The lowest BCUT2D eigenvalue weighted by Crippen LogP contribution is -2.19. The SMILES string of the molecule is C#CCn1c(=NC(=O)COc2ccc(Cl)cc2)sc2cc(C(=O)OCC)ccc21. The third-order valence-corrected chi connectivity index (χ3v) is 5.13. The molecule has 0 N–H and O–H groups in total. The number of hydrogen-bond donors (Lipinski definition) is 0. The van der Waals surface area contributed by atoms with Crippen molar-refractivity contribution in [3.8, 4) is 18.1 Å². The lowest BCUT2D eigenvalue weighted by molar-refractivity contribution is -0.120. The molecule has 0 unspecified atom stereocenters. The van der Waals surface area contributed by atoms with E-state index >= 15 is 0 Å². The molecule has 0 spiro atoms. The van der Waals surface area contributed by atoms with Crippen LogP contribution in [0.5, 0.6) is 5.75 Å². The molecule has 0 fully saturated rings. The van der Waals surface area contributed by atoms with E-state index in [0.717, 1.165) is 10.2 Å². The van der Waals surface area contributed by atoms with Crippen molar-refractivity contribution in [2.24, 2.45) is 4.99 Å². The van der Waals surface area contributed by atoms with E-state index in [4.69, 9.17) is 27.5 Å². The average molecular weight is 429 g/mol. The molecule has 0 aliphatic heterocycles. The van der Waals surface area contributed by atoms with E-state index in [2.05, 4.69) is 10.9 Å². The minimum absolute atomic E-state index is 0.222. The van der Waals surface area contributed by atoms with Crippen LogP contribution >= 0.6 is 22.9 Å². The molecule has 29 heavy (non-hydrogen) atoms. The van der Waals surface area contributed by atoms with E-state index in [0.29, 0.717) is 27.7 Å². The lowest BCUT2D eigenvalue weighted by Gasteiger charge is -2.04. The van der Waals surface area contributed by atoms with Crippen molar-refractivity contribution in [2.75, 3.05) is 13.2 Å². The normalized spacial score (nSPS) is 11.3. The maximum absolute atomic E-state index is 12.3. The van der Waals surface area contributed by atoms with Gasteiger partial charge in [0.25, 0.3) is 5.91 Å². The largest absolute Gasteiger partial charge is 0.484 e. The molecule has 6 nitrogen and oxygen atoms in total. The molecule has 0 saturated heterocycles. The van der Waals surface area contributed by atoms with Crippen LogP contribution in [-0.4, -0.2) is 29.7 Å². The zero-order chi connectivity index (χ0) is 20.8. The Kier molecular flexibility index (Phi) is 6.70. The van der Waals surface area contributed by atoms with Gasteiger partial charge in [0.05, 0.1) is 28.9 Å². The Labute approximate surface area is 176 Å². The summed E-state index contributed by atoms with van der Waals surface area (Å²) in [5.74, 6) is 2.22. The second kappa shape index (κ2) is 9.41. The fourth-order valence-electron chi connectivity index (χ4n) is 2.56. The summed E-state index contributed by atoms with van der Waals surface area (Å²) in [5, 5.41) is 0.580. The Balaban J connectivity index is 1.88. The third-order valence-electron chi connectivity index (χ3n) is 3.84. The summed E-state index contributed by atoms with van der Waals surface area (Å²) >= 11 is 7.09. The molecule has 0 radical (unpaired) electrons. The predicted octanol–water partition coefficient (Wildman–Crippen LogP) is 3.67. The number of carbonyl (C=O) groups is 2. The highest BCUT2D eigenvalue weighted by atomic mass is 35.5. The summed E-state index contributed by atoms with van der Waals surface area (Å²) in [6, 6.07) is 11.8. The summed E-state index contributed by atoms with van der Waals surface area (Å²) in [6.45, 7) is 2.06. The Hall–Kier alpha value is -3.08. The van der Waals surface area contributed by atoms with Gasteiger partial charge in [-0.15, -0.1) is 6.42 Å². The molecule has 1 aromatic heterocycles. The molecule has 1 heterocycles. The Morgan fingerprint density at radius 3 is 2.69 bits per heavy atom. The highest BCUT2D eigenvalue weighted by molar-refractivity contribution is 7.16. The van der Waals surface area contributed by atoms with Gasteiger partial charge in [-0.05, 0) is 49.4 Å². The summed E-state index contributed by atoms with van der Waals surface area (Å²) < 4.78 is 13.0. The number of ether oxygens (including phenoxy) is 2. The van der Waals surface area contributed by atoms with Crippen LogP contribution in [-0.2, 0) is 16.1 Å². The van der Waals surface area contributed by atoms with Crippen LogP contribution in [0, 0.1) is 12.3 Å². The maximum atomic E-state index is 12.3. The standard InChI is InChI=1S/C21H17ClN2O4S/c1-3-11-24-17-10-5-14(20(26)27-4-2)12-18(17)29-21(24)23-19(25)13-28-16-8-6-15(22)7-9-16/h1,5-10,12H,4,11,13H2,2H3. The van der Waals surface area contributed by atoms with Crippen molar-refractivity contribution in [3.05, 3.63) is 57.9 Å². The second-order valence-corrected chi connectivity index (χ2v) is 7.27. The van der Waals surface area contributed by atoms with Gasteiger partial charge in [-0.2, -0.15) is 4.99 Å². The maximum Gasteiger partial charge on any atom is 0.338 e. The van der Waals surface area contributed by atoms with Crippen LogP contribution in [0.2, 0.25) is 5.02 Å². The van der Waals surface area contributed by atoms with Crippen LogP contribution in [0.15, 0.2) is 47.5 Å². The molecule has 0 saturated carbocycles. The summed E-state index contributed by atoms with van der Waals surface area (Å²) in [5.41, 5.74) is 1.21. The van der Waals surface area contributed by atoms with Crippen molar-refractivity contribution >= 4 is 45.0 Å². The number of benzene rings is 2. The second-order valence-electron chi connectivity index (χ2n) is 5.83. The van der Waals surface area contributed by atoms with Gasteiger partial charge in [0.1, 0.15) is 5.75 Å². The quantitative estimate of drug-likeness (QED) is 0.443. The van der Waals surface area contributed by atoms with Gasteiger partial charge in [0, 0.05) is 5.02 Å². The molecule has 3 aromatic rings. The number of terminal acetylenes is 1. The first-order valence-electron chi connectivity index (χ1n) is 8.71. The van der Waals surface area contributed by atoms with Gasteiger partial charge in [-0.1, -0.05) is 28.9 Å². The number of fused-ring (bicyclic) bond motifs is 1. The monoisotopic (exact) mass is 428 g/mol. The van der Waals surface area contributed by atoms with E-state index in [1.165, 1.54) is 11.3 Å². The van der Waals surface area contributed by atoms with Crippen LogP contribution in [0.25, 0.3) is 10.2 Å². The predicted molar refractivity (Wildman–Crippen MR) is 112 cm³/mol. The van der Waals surface area contributed by atoms with Crippen molar-refractivity contribution in [2.45, 2.75) is 13.5 Å².